The van der Waals surface area contributed by atoms with E-state index in [4.69, 9.17) is 0 Å². The number of amides is 1. The SMILES string of the molecule is CCc1ccc2ccccc2c1CNC(=O)c1ccc2n[nH]c(=O)n2c1. The molecule has 0 saturated heterocycles. The zero-order chi connectivity index (χ0) is 18.1. The molecular formula is C20H18N4O2. The molecule has 4 rings (SSSR count). The minimum absolute atomic E-state index is 0.227. The van der Waals surface area contributed by atoms with Crippen LogP contribution in [0.1, 0.15) is 28.4 Å². The highest BCUT2D eigenvalue weighted by Gasteiger charge is 2.11. The molecule has 2 aromatic heterocycles. The topological polar surface area (TPSA) is 79.3 Å². The number of carbonyl (C=O) groups excluding carboxylic acids is 1. The van der Waals surface area contributed by atoms with Gasteiger partial charge in [0, 0.05) is 12.7 Å². The van der Waals surface area contributed by atoms with Gasteiger partial charge < -0.3 is 5.32 Å². The van der Waals surface area contributed by atoms with Gasteiger partial charge in [0.15, 0.2) is 5.65 Å². The number of hydrogen-bond acceptors (Lipinski definition) is 3. The van der Waals surface area contributed by atoms with Gasteiger partial charge in [-0.1, -0.05) is 43.3 Å². The van der Waals surface area contributed by atoms with E-state index in [1.54, 1.807) is 12.1 Å². The molecule has 2 N–H and O–H groups in total. The zero-order valence-corrected chi connectivity index (χ0v) is 14.3. The van der Waals surface area contributed by atoms with Crippen LogP contribution in [0.15, 0.2) is 59.5 Å². The van der Waals surface area contributed by atoms with Crippen molar-refractivity contribution in [1.82, 2.24) is 19.9 Å². The molecular weight excluding hydrogens is 328 g/mol. The summed E-state index contributed by atoms with van der Waals surface area (Å²) in [5.41, 5.74) is 2.87. The molecule has 0 spiro atoms. The fraction of sp³-hybridized carbons (Fsp3) is 0.150. The molecule has 26 heavy (non-hydrogen) atoms. The van der Waals surface area contributed by atoms with E-state index in [0.29, 0.717) is 17.8 Å². The molecule has 0 atom stereocenters. The number of aromatic amines is 1. The minimum atomic E-state index is -0.364. The molecule has 0 radical (unpaired) electrons. The third-order valence-corrected chi connectivity index (χ3v) is 4.62. The first-order chi connectivity index (χ1) is 12.7. The molecule has 0 aliphatic rings. The Morgan fingerprint density at radius 2 is 2.00 bits per heavy atom. The van der Waals surface area contributed by atoms with Gasteiger partial charge in [-0.3, -0.25) is 4.79 Å². The smallest absolute Gasteiger partial charge is 0.347 e. The molecule has 0 aliphatic carbocycles. The average molecular weight is 346 g/mol. The van der Waals surface area contributed by atoms with E-state index in [2.05, 4.69) is 46.7 Å². The van der Waals surface area contributed by atoms with Crippen LogP contribution in [0.5, 0.6) is 0 Å². The highest BCUT2D eigenvalue weighted by molar-refractivity contribution is 5.94. The minimum Gasteiger partial charge on any atom is -0.348 e. The van der Waals surface area contributed by atoms with E-state index in [9.17, 15) is 9.59 Å². The summed E-state index contributed by atoms with van der Waals surface area (Å²) in [5.74, 6) is -0.227. The summed E-state index contributed by atoms with van der Waals surface area (Å²) in [7, 11) is 0. The van der Waals surface area contributed by atoms with E-state index < -0.39 is 0 Å². The molecule has 2 aromatic carbocycles. The Morgan fingerprint density at radius 1 is 1.15 bits per heavy atom. The van der Waals surface area contributed by atoms with E-state index in [-0.39, 0.29) is 11.6 Å². The molecule has 0 unspecified atom stereocenters. The predicted molar refractivity (Wildman–Crippen MR) is 100 cm³/mol. The van der Waals surface area contributed by atoms with Crippen LogP contribution in [-0.4, -0.2) is 20.5 Å². The Kier molecular flexibility index (Phi) is 4.01. The standard InChI is InChI=1S/C20H18N4O2/c1-2-13-7-8-14-5-3-4-6-16(14)17(13)11-21-19(25)15-9-10-18-22-23-20(26)24(18)12-15/h3-10,12H,2,11H2,1H3,(H,21,25)(H,23,26). The second kappa shape index (κ2) is 6.48. The number of aryl methyl sites for hydroxylation is 1. The van der Waals surface area contributed by atoms with Gasteiger partial charge in [0.25, 0.3) is 5.91 Å². The number of aromatic nitrogens is 3. The molecule has 130 valence electrons. The second-order valence-corrected chi connectivity index (χ2v) is 6.14. The van der Waals surface area contributed by atoms with Gasteiger partial charge in [-0.25, -0.2) is 14.3 Å². The summed E-state index contributed by atoms with van der Waals surface area (Å²) in [4.78, 5) is 24.2. The van der Waals surface area contributed by atoms with Crippen LogP contribution in [-0.2, 0) is 13.0 Å². The lowest BCUT2D eigenvalue weighted by Crippen LogP contribution is -2.24. The van der Waals surface area contributed by atoms with Crippen molar-refractivity contribution in [1.29, 1.82) is 0 Å². The van der Waals surface area contributed by atoms with E-state index >= 15 is 0 Å². The van der Waals surface area contributed by atoms with Crippen molar-refractivity contribution in [3.05, 3.63) is 81.9 Å². The lowest BCUT2D eigenvalue weighted by molar-refractivity contribution is 0.0950. The van der Waals surface area contributed by atoms with Crippen LogP contribution in [0.2, 0.25) is 0 Å². The Balaban J connectivity index is 1.63. The summed E-state index contributed by atoms with van der Waals surface area (Å²) < 4.78 is 1.32. The Morgan fingerprint density at radius 3 is 2.85 bits per heavy atom. The number of hydrogen-bond donors (Lipinski definition) is 2. The number of fused-ring (bicyclic) bond motifs is 2. The van der Waals surface area contributed by atoms with E-state index in [0.717, 1.165) is 22.8 Å². The van der Waals surface area contributed by atoms with Crippen LogP contribution in [0.4, 0.5) is 0 Å². The largest absolute Gasteiger partial charge is 0.348 e. The van der Waals surface area contributed by atoms with Gasteiger partial charge in [0.1, 0.15) is 0 Å². The first kappa shape index (κ1) is 16.1. The number of rotatable bonds is 4. The number of pyridine rings is 1. The summed E-state index contributed by atoms with van der Waals surface area (Å²) >= 11 is 0. The van der Waals surface area contributed by atoms with Crippen molar-refractivity contribution in [3.63, 3.8) is 0 Å². The molecule has 6 nitrogen and oxygen atoms in total. The van der Waals surface area contributed by atoms with E-state index in [1.807, 2.05) is 12.1 Å². The quantitative estimate of drug-likeness (QED) is 0.596. The highest BCUT2D eigenvalue weighted by Crippen LogP contribution is 2.23. The van der Waals surface area contributed by atoms with Crippen molar-refractivity contribution in [3.8, 4) is 0 Å². The van der Waals surface area contributed by atoms with Gasteiger partial charge in [0.2, 0.25) is 0 Å². The first-order valence-electron chi connectivity index (χ1n) is 8.52. The lowest BCUT2D eigenvalue weighted by atomic mass is 9.97. The van der Waals surface area contributed by atoms with Gasteiger partial charge in [0.05, 0.1) is 5.56 Å². The zero-order valence-electron chi connectivity index (χ0n) is 14.3. The normalized spacial score (nSPS) is 11.1. The van der Waals surface area contributed by atoms with Crippen LogP contribution in [0.25, 0.3) is 16.4 Å². The first-order valence-corrected chi connectivity index (χ1v) is 8.52. The van der Waals surface area contributed by atoms with Crippen LogP contribution in [0, 0.1) is 0 Å². The van der Waals surface area contributed by atoms with Gasteiger partial charge in [-0.15, -0.1) is 0 Å². The van der Waals surface area contributed by atoms with Gasteiger partial charge in [-0.05, 0) is 40.5 Å². The Labute approximate surface area is 149 Å². The Hall–Kier alpha value is -3.41. The maximum absolute atomic E-state index is 12.6. The maximum Gasteiger partial charge on any atom is 0.347 e. The fourth-order valence-corrected chi connectivity index (χ4v) is 3.23. The second-order valence-electron chi connectivity index (χ2n) is 6.14. The fourth-order valence-electron chi connectivity index (χ4n) is 3.23. The molecule has 4 aromatic rings. The van der Waals surface area contributed by atoms with Gasteiger partial charge >= 0.3 is 5.69 Å². The van der Waals surface area contributed by atoms with Crippen LogP contribution < -0.4 is 11.0 Å². The van der Waals surface area contributed by atoms with Crippen molar-refractivity contribution >= 4 is 22.3 Å². The number of benzene rings is 2. The number of H-pyrrole nitrogens is 1. The molecule has 0 aliphatic heterocycles. The third-order valence-electron chi connectivity index (χ3n) is 4.62. The monoisotopic (exact) mass is 346 g/mol. The summed E-state index contributed by atoms with van der Waals surface area (Å²) in [6, 6.07) is 15.7. The van der Waals surface area contributed by atoms with Gasteiger partial charge in [-0.2, -0.15) is 5.10 Å². The van der Waals surface area contributed by atoms with Crippen LogP contribution >= 0.6 is 0 Å². The summed E-state index contributed by atoms with van der Waals surface area (Å²) in [6.07, 6.45) is 2.40. The maximum atomic E-state index is 12.6. The van der Waals surface area contributed by atoms with Crippen molar-refractivity contribution in [2.75, 3.05) is 0 Å². The molecule has 0 bridgehead atoms. The number of nitrogens with one attached hydrogen (secondary N) is 2. The molecule has 6 heteroatoms. The van der Waals surface area contributed by atoms with Crippen LogP contribution in [0.3, 0.4) is 0 Å². The predicted octanol–water partition coefficient (Wildman–Crippen LogP) is 2.67. The van der Waals surface area contributed by atoms with Crippen molar-refractivity contribution in [2.24, 2.45) is 0 Å². The van der Waals surface area contributed by atoms with E-state index in [1.165, 1.54) is 16.2 Å². The number of carbonyl (C=O) groups is 1. The highest BCUT2D eigenvalue weighted by atomic mass is 16.2. The molecule has 2 heterocycles. The lowest BCUT2D eigenvalue weighted by Gasteiger charge is -2.13. The average Bonchev–Trinajstić information content (AvgIpc) is 3.06. The van der Waals surface area contributed by atoms with Crippen molar-refractivity contribution in [2.45, 2.75) is 19.9 Å². The molecule has 1 amide bonds. The number of nitrogens with zero attached hydrogens (tertiary/aromatic N) is 2. The summed E-state index contributed by atoms with van der Waals surface area (Å²) in [6.45, 7) is 2.54. The third kappa shape index (κ3) is 2.75. The molecule has 0 fully saturated rings. The Bertz CT molecular complexity index is 1170. The molecule has 0 saturated carbocycles. The summed E-state index contributed by atoms with van der Waals surface area (Å²) in [5, 5.41) is 11.5. The van der Waals surface area contributed by atoms with Crippen molar-refractivity contribution < 1.29 is 4.79 Å².